The van der Waals surface area contributed by atoms with Crippen LogP contribution in [0.15, 0.2) is 29.0 Å². The van der Waals surface area contributed by atoms with Crippen LogP contribution < -0.4 is 5.32 Å². The fraction of sp³-hybridized carbons (Fsp3) is 0.350. The number of thiophene rings is 1. The van der Waals surface area contributed by atoms with E-state index in [-0.39, 0.29) is 12.5 Å². The van der Waals surface area contributed by atoms with E-state index in [0.29, 0.717) is 19.1 Å². The van der Waals surface area contributed by atoms with Crippen molar-refractivity contribution >= 4 is 34.9 Å². The molecule has 0 spiro atoms. The highest BCUT2D eigenvalue weighted by Gasteiger charge is 2.32. The minimum absolute atomic E-state index is 0.0120. The van der Waals surface area contributed by atoms with Crippen molar-refractivity contribution in [3.8, 4) is 0 Å². The number of nitrogens with one attached hydrogen (secondary N) is 2. The average molecular weight is 401 g/mol. The number of H-pyrrole nitrogens is 1. The van der Waals surface area contributed by atoms with E-state index in [1.54, 1.807) is 11.3 Å². The summed E-state index contributed by atoms with van der Waals surface area (Å²) in [5.41, 5.74) is 5.61. The van der Waals surface area contributed by atoms with Gasteiger partial charge in [0.05, 0.1) is 17.6 Å². The molecule has 2 amide bonds. The van der Waals surface area contributed by atoms with E-state index in [1.165, 1.54) is 16.7 Å². The van der Waals surface area contributed by atoms with Crippen LogP contribution in [0.5, 0.6) is 0 Å². The molecular weight excluding hydrogens is 376 g/mol. The summed E-state index contributed by atoms with van der Waals surface area (Å²) in [6, 6.07) is 6.58. The molecular formula is C20H24N4O3S. The Bertz CT molecular complexity index is 948. The summed E-state index contributed by atoms with van der Waals surface area (Å²) in [6.45, 7) is 5.01. The summed E-state index contributed by atoms with van der Waals surface area (Å²) in [5, 5.41) is 14.1. The zero-order chi connectivity index (χ0) is 20.1. The molecule has 0 unspecified atom stereocenters. The number of carbonyl (C=O) groups is 2. The number of benzene rings is 1. The minimum Gasteiger partial charge on any atom is -0.483 e. The number of nitrogens with zero attached hydrogens (tertiary/aromatic N) is 2. The van der Waals surface area contributed by atoms with Crippen LogP contribution in [-0.2, 0) is 17.9 Å². The molecule has 4 rings (SSSR count). The second kappa shape index (κ2) is 8.88. The van der Waals surface area contributed by atoms with E-state index in [2.05, 4.69) is 52.0 Å². The zero-order valence-corrected chi connectivity index (χ0v) is 16.8. The Balaban J connectivity index is 0.000000706. The number of aromatic nitrogens is 2. The highest BCUT2D eigenvalue weighted by atomic mass is 32.1. The van der Waals surface area contributed by atoms with Crippen LogP contribution in [0.4, 0.5) is 4.79 Å². The van der Waals surface area contributed by atoms with Gasteiger partial charge in [0.15, 0.2) is 0 Å². The van der Waals surface area contributed by atoms with Crippen molar-refractivity contribution in [2.24, 2.45) is 0 Å². The maximum Gasteiger partial charge on any atom is 0.318 e. The van der Waals surface area contributed by atoms with E-state index >= 15 is 0 Å². The molecule has 1 aliphatic carbocycles. The van der Waals surface area contributed by atoms with E-state index in [4.69, 9.17) is 9.90 Å². The van der Waals surface area contributed by atoms with Crippen molar-refractivity contribution < 1.29 is 14.7 Å². The molecule has 0 bridgehead atoms. The first kappa shape index (κ1) is 19.9. The number of carbonyl (C=O) groups excluding carboxylic acids is 1. The predicted molar refractivity (Wildman–Crippen MR) is 109 cm³/mol. The smallest absolute Gasteiger partial charge is 0.318 e. The number of urea groups is 1. The Labute approximate surface area is 167 Å². The predicted octanol–water partition coefficient (Wildman–Crippen LogP) is 3.82. The van der Waals surface area contributed by atoms with E-state index in [9.17, 15) is 4.79 Å². The molecule has 1 saturated carbocycles. The van der Waals surface area contributed by atoms with Gasteiger partial charge in [-0.3, -0.25) is 4.79 Å². The molecule has 1 aliphatic rings. The third-order valence-electron chi connectivity index (χ3n) is 4.82. The quantitative estimate of drug-likeness (QED) is 0.567. The molecule has 1 aromatic carbocycles. The van der Waals surface area contributed by atoms with Crippen molar-refractivity contribution in [2.75, 3.05) is 0 Å². The molecule has 0 atom stereocenters. The van der Waals surface area contributed by atoms with Crippen LogP contribution in [0, 0.1) is 13.8 Å². The number of hydrogen-bond acceptors (Lipinski definition) is 4. The molecule has 3 N–H and O–H groups in total. The van der Waals surface area contributed by atoms with E-state index < -0.39 is 0 Å². The molecule has 28 heavy (non-hydrogen) atoms. The van der Waals surface area contributed by atoms with Crippen molar-refractivity contribution in [3.05, 3.63) is 51.5 Å². The van der Waals surface area contributed by atoms with Crippen LogP contribution in [0.25, 0.3) is 11.0 Å². The molecule has 1 fully saturated rings. The molecule has 3 aromatic rings. The minimum atomic E-state index is -0.250. The topological polar surface area (TPSA) is 98.3 Å². The standard InChI is InChI=1S/C19H22N4OS.CH2O2/c1-12-3-6-16-18(13(12)2)22-17(21-16)9-20-19(24)23(15-4-5-15)10-14-7-8-25-11-14;2-1-3/h3,6-8,11,15H,4-5,9-10H2,1-2H3,(H,20,24)(H,21,22);1H,(H,2,3). The number of carboxylic acid groups (broad SMARTS) is 1. The lowest BCUT2D eigenvalue weighted by Gasteiger charge is -2.22. The molecule has 2 heterocycles. The Morgan fingerprint density at radius 3 is 2.79 bits per heavy atom. The van der Waals surface area contributed by atoms with E-state index in [1.807, 2.05) is 11.0 Å². The van der Waals surface area contributed by atoms with Gasteiger partial charge in [-0.1, -0.05) is 6.07 Å². The maximum absolute atomic E-state index is 12.6. The van der Waals surface area contributed by atoms with Gasteiger partial charge >= 0.3 is 6.03 Å². The van der Waals surface area contributed by atoms with Gasteiger partial charge in [-0.05, 0) is 66.3 Å². The van der Waals surface area contributed by atoms with Gasteiger partial charge in [-0.25, -0.2) is 9.78 Å². The Morgan fingerprint density at radius 1 is 1.39 bits per heavy atom. The Morgan fingerprint density at radius 2 is 2.14 bits per heavy atom. The number of imidazole rings is 1. The van der Waals surface area contributed by atoms with Gasteiger partial charge in [0.25, 0.3) is 6.47 Å². The summed E-state index contributed by atoms with van der Waals surface area (Å²) in [4.78, 5) is 30.9. The van der Waals surface area contributed by atoms with E-state index in [0.717, 1.165) is 29.7 Å². The molecule has 148 valence electrons. The summed E-state index contributed by atoms with van der Waals surface area (Å²) in [6.07, 6.45) is 2.20. The van der Waals surface area contributed by atoms with Gasteiger partial charge in [-0.15, -0.1) is 0 Å². The summed E-state index contributed by atoms with van der Waals surface area (Å²) >= 11 is 1.67. The van der Waals surface area contributed by atoms with Crippen LogP contribution in [-0.4, -0.2) is 38.5 Å². The molecule has 7 nitrogen and oxygen atoms in total. The highest BCUT2D eigenvalue weighted by molar-refractivity contribution is 7.07. The molecule has 0 saturated heterocycles. The molecule has 0 radical (unpaired) electrons. The summed E-state index contributed by atoms with van der Waals surface area (Å²) in [7, 11) is 0. The normalized spacial score (nSPS) is 12.9. The highest BCUT2D eigenvalue weighted by Crippen LogP contribution is 2.29. The Hall–Kier alpha value is -2.87. The van der Waals surface area contributed by atoms with Crippen LogP contribution >= 0.6 is 11.3 Å². The average Bonchev–Trinajstić information content (AvgIpc) is 3.22. The number of amides is 2. The fourth-order valence-electron chi connectivity index (χ4n) is 3.04. The van der Waals surface area contributed by atoms with Crippen molar-refractivity contribution in [1.82, 2.24) is 20.2 Å². The van der Waals surface area contributed by atoms with Crippen LogP contribution in [0.2, 0.25) is 0 Å². The molecule has 8 heteroatoms. The summed E-state index contributed by atoms with van der Waals surface area (Å²) < 4.78 is 0. The van der Waals surface area contributed by atoms with Gasteiger partial charge in [0.2, 0.25) is 0 Å². The number of rotatable bonds is 5. The maximum atomic E-state index is 12.6. The lowest BCUT2D eigenvalue weighted by molar-refractivity contribution is -0.122. The number of aromatic amines is 1. The zero-order valence-electron chi connectivity index (χ0n) is 15.9. The first-order valence-corrected chi connectivity index (χ1v) is 10.1. The lowest BCUT2D eigenvalue weighted by Crippen LogP contribution is -2.40. The van der Waals surface area contributed by atoms with Crippen molar-refractivity contribution in [2.45, 2.75) is 45.8 Å². The van der Waals surface area contributed by atoms with Gasteiger partial charge in [0, 0.05) is 12.6 Å². The third-order valence-corrected chi connectivity index (χ3v) is 5.55. The van der Waals surface area contributed by atoms with Gasteiger partial charge < -0.3 is 20.3 Å². The first-order valence-electron chi connectivity index (χ1n) is 9.11. The van der Waals surface area contributed by atoms with Crippen molar-refractivity contribution in [1.29, 1.82) is 0 Å². The largest absolute Gasteiger partial charge is 0.483 e. The third kappa shape index (κ3) is 4.69. The summed E-state index contributed by atoms with van der Waals surface area (Å²) in [5.74, 6) is 0.795. The second-order valence-electron chi connectivity index (χ2n) is 6.84. The monoisotopic (exact) mass is 400 g/mol. The molecule has 2 aromatic heterocycles. The Kier molecular flexibility index (Phi) is 6.30. The van der Waals surface area contributed by atoms with Crippen LogP contribution in [0.1, 0.15) is 35.4 Å². The first-order chi connectivity index (χ1) is 13.5. The van der Waals surface area contributed by atoms with Gasteiger partial charge in [0.1, 0.15) is 5.82 Å². The van der Waals surface area contributed by atoms with Crippen LogP contribution in [0.3, 0.4) is 0 Å². The lowest BCUT2D eigenvalue weighted by atomic mass is 10.1. The number of fused-ring (bicyclic) bond motifs is 1. The van der Waals surface area contributed by atoms with Crippen molar-refractivity contribution in [3.63, 3.8) is 0 Å². The second-order valence-corrected chi connectivity index (χ2v) is 7.62. The molecule has 0 aliphatic heterocycles. The fourth-order valence-corrected chi connectivity index (χ4v) is 3.70. The SMILES string of the molecule is Cc1ccc2[nH]c(CNC(=O)N(Cc3ccsc3)C3CC3)nc2c1C.O=CO. The number of aryl methyl sites for hydroxylation is 2. The van der Waals surface area contributed by atoms with Gasteiger partial charge in [-0.2, -0.15) is 11.3 Å². The number of hydrogen-bond donors (Lipinski definition) is 3.